The van der Waals surface area contributed by atoms with Crippen LogP contribution < -0.4 is 0 Å². The fourth-order valence-electron chi connectivity index (χ4n) is 4.26. The average Bonchev–Trinajstić information content (AvgIpc) is 3.52. The normalized spacial score (nSPS) is 19.9. The Morgan fingerprint density at radius 1 is 1.23 bits per heavy atom. The van der Waals surface area contributed by atoms with Crippen LogP contribution in [0.4, 0.5) is 0 Å². The molecule has 2 fully saturated rings. The lowest BCUT2D eigenvalue weighted by molar-refractivity contribution is 0.0957. The maximum absolute atomic E-state index is 12.8. The predicted molar refractivity (Wildman–Crippen MR) is 120 cm³/mol. The molecule has 0 radical (unpaired) electrons. The van der Waals surface area contributed by atoms with E-state index >= 15 is 0 Å². The van der Waals surface area contributed by atoms with Crippen molar-refractivity contribution in [2.24, 2.45) is 0 Å². The van der Waals surface area contributed by atoms with Gasteiger partial charge >= 0.3 is 0 Å². The van der Waals surface area contributed by atoms with Crippen molar-refractivity contribution in [3.63, 3.8) is 0 Å². The Bertz CT molecular complexity index is 1040. The Morgan fingerprint density at radius 3 is 2.65 bits per heavy atom. The Kier molecular flexibility index (Phi) is 6.86. The Labute approximate surface area is 188 Å². The topological polar surface area (TPSA) is 81.5 Å². The van der Waals surface area contributed by atoms with E-state index in [1.54, 1.807) is 12.1 Å². The number of aromatic nitrogens is 2. The molecule has 4 rings (SSSR count). The van der Waals surface area contributed by atoms with Gasteiger partial charge in [0.05, 0.1) is 16.9 Å². The Morgan fingerprint density at radius 2 is 2.00 bits per heavy atom. The zero-order chi connectivity index (χ0) is 22.0. The summed E-state index contributed by atoms with van der Waals surface area (Å²) in [6.07, 6.45) is 5.58. The number of pyridine rings is 1. The van der Waals surface area contributed by atoms with Crippen LogP contribution in [0.3, 0.4) is 0 Å². The SMILES string of the molecule is Cc1cc(C(=O)CSc2ccc(S(=O)(=O)N3CCCC3)cn2)c(C)n1CC1CCCO1. The summed E-state index contributed by atoms with van der Waals surface area (Å²) in [7, 11) is -3.47. The van der Waals surface area contributed by atoms with E-state index in [1.165, 1.54) is 22.3 Å². The van der Waals surface area contributed by atoms with Gasteiger partial charge in [0.2, 0.25) is 10.0 Å². The summed E-state index contributed by atoms with van der Waals surface area (Å²) in [6.45, 7) is 6.74. The van der Waals surface area contributed by atoms with Crippen LogP contribution in [0.15, 0.2) is 34.3 Å². The molecule has 7 nitrogen and oxygen atoms in total. The second-order valence-corrected chi connectivity index (χ2v) is 11.1. The highest BCUT2D eigenvalue weighted by molar-refractivity contribution is 7.99. The van der Waals surface area contributed by atoms with Crippen molar-refractivity contribution in [2.45, 2.75) is 62.1 Å². The molecule has 0 N–H and O–H groups in total. The fourth-order valence-corrected chi connectivity index (χ4v) is 6.44. The van der Waals surface area contributed by atoms with Gasteiger partial charge in [-0.25, -0.2) is 13.4 Å². The minimum absolute atomic E-state index is 0.0484. The zero-order valence-electron chi connectivity index (χ0n) is 18.0. The van der Waals surface area contributed by atoms with Crippen molar-refractivity contribution in [3.8, 4) is 0 Å². The average molecular weight is 464 g/mol. The first-order valence-electron chi connectivity index (χ1n) is 10.8. The summed E-state index contributed by atoms with van der Waals surface area (Å²) in [5, 5.41) is 0.641. The van der Waals surface area contributed by atoms with Gasteiger partial charge in [-0.2, -0.15) is 4.31 Å². The summed E-state index contributed by atoms with van der Waals surface area (Å²) in [4.78, 5) is 17.3. The van der Waals surface area contributed by atoms with Gasteiger partial charge in [-0.05, 0) is 57.7 Å². The minimum Gasteiger partial charge on any atom is -0.376 e. The number of rotatable bonds is 8. The Balaban J connectivity index is 1.38. The van der Waals surface area contributed by atoms with Crippen molar-refractivity contribution in [1.29, 1.82) is 0 Å². The number of Topliss-reactive ketones (excluding diaryl/α,β-unsaturated/α-hetero) is 1. The van der Waals surface area contributed by atoms with Crippen LogP contribution in [-0.2, 0) is 21.3 Å². The molecule has 168 valence electrons. The molecule has 0 amide bonds. The van der Waals surface area contributed by atoms with Crippen LogP contribution in [0.25, 0.3) is 0 Å². The first-order chi connectivity index (χ1) is 14.9. The molecule has 9 heteroatoms. The van der Waals surface area contributed by atoms with Gasteiger partial charge in [0.15, 0.2) is 5.78 Å². The molecule has 2 aliphatic heterocycles. The van der Waals surface area contributed by atoms with Crippen molar-refractivity contribution >= 4 is 27.6 Å². The molecule has 0 aromatic carbocycles. The molecule has 31 heavy (non-hydrogen) atoms. The zero-order valence-corrected chi connectivity index (χ0v) is 19.7. The fraction of sp³-hybridized carbons (Fsp3) is 0.545. The van der Waals surface area contributed by atoms with Gasteiger partial charge < -0.3 is 9.30 Å². The number of ether oxygens (including phenoxy) is 1. The lowest BCUT2D eigenvalue weighted by atomic mass is 10.2. The van der Waals surface area contributed by atoms with E-state index in [4.69, 9.17) is 4.74 Å². The third-order valence-electron chi connectivity index (χ3n) is 6.05. The number of ketones is 1. The van der Waals surface area contributed by atoms with Crippen LogP contribution in [0.5, 0.6) is 0 Å². The molecule has 4 heterocycles. The van der Waals surface area contributed by atoms with E-state index in [1.807, 2.05) is 19.9 Å². The van der Waals surface area contributed by atoms with Crippen LogP contribution in [0, 0.1) is 13.8 Å². The molecule has 0 saturated carbocycles. The molecule has 0 spiro atoms. The molecule has 1 atom stereocenters. The first kappa shape index (κ1) is 22.5. The monoisotopic (exact) mass is 463 g/mol. The minimum atomic E-state index is -3.47. The van der Waals surface area contributed by atoms with Crippen molar-refractivity contribution in [1.82, 2.24) is 13.9 Å². The summed E-state index contributed by atoms with van der Waals surface area (Å²) < 4.78 is 34.6. The maximum atomic E-state index is 12.8. The summed E-state index contributed by atoms with van der Waals surface area (Å²) in [5.41, 5.74) is 2.77. The van der Waals surface area contributed by atoms with E-state index in [-0.39, 0.29) is 22.5 Å². The number of thioether (sulfide) groups is 1. The highest BCUT2D eigenvalue weighted by atomic mass is 32.2. The van der Waals surface area contributed by atoms with E-state index in [0.717, 1.165) is 55.8 Å². The molecule has 2 saturated heterocycles. The third kappa shape index (κ3) is 4.89. The second-order valence-electron chi connectivity index (χ2n) is 8.19. The maximum Gasteiger partial charge on any atom is 0.244 e. The second kappa shape index (κ2) is 9.44. The largest absolute Gasteiger partial charge is 0.376 e. The lowest BCUT2D eigenvalue weighted by Crippen LogP contribution is -2.27. The molecule has 2 aliphatic rings. The highest BCUT2D eigenvalue weighted by Crippen LogP contribution is 2.25. The summed E-state index contributed by atoms with van der Waals surface area (Å²) in [5.74, 6) is 0.308. The number of carbonyl (C=O) groups excluding carboxylic acids is 1. The lowest BCUT2D eigenvalue weighted by Gasteiger charge is -2.15. The van der Waals surface area contributed by atoms with Crippen LogP contribution in [0.1, 0.15) is 47.4 Å². The number of hydrogen-bond donors (Lipinski definition) is 0. The van der Waals surface area contributed by atoms with Gasteiger partial charge in [0.25, 0.3) is 0 Å². The van der Waals surface area contributed by atoms with Gasteiger partial charge in [-0.15, -0.1) is 0 Å². The summed E-state index contributed by atoms with van der Waals surface area (Å²) >= 11 is 1.33. The van der Waals surface area contributed by atoms with E-state index in [0.29, 0.717) is 18.1 Å². The van der Waals surface area contributed by atoms with Crippen molar-refractivity contribution in [2.75, 3.05) is 25.4 Å². The number of sulfonamides is 1. The number of carbonyl (C=O) groups is 1. The molecule has 0 bridgehead atoms. The standard InChI is InChI=1S/C22H29N3O4S2/c1-16-12-20(17(2)25(16)14-18-6-5-11-29-18)21(26)15-30-22-8-7-19(13-23-22)31(27,28)24-9-3-4-10-24/h7-8,12-13,18H,3-6,9-11,14-15H2,1-2H3. The molecule has 1 unspecified atom stereocenters. The van der Waals surface area contributed by atoms with Gasteiger partial charge in [-0.1, -0.05) is 11.8 Å². The van der Waals surface area contributed by atoms with Gasteiger partial charge in [0.1, 0.15) is 4.90 Å². The molecule has 0 aliphatic carbocycles. The molecular formula is C22H29N3O4S2. The smallest absolute Gasteiger partial charge is 0.244 e. The quantitative estimate of drug-likeness (QED) is 0.441. The molecular weight excluding hydrogens is 434 g/mol. The van der Waals surface area contributed by atoms with Gasteiger partial charge in [-0.3, -0.25) is 4.79 Å². The van der Waals surface area contributed by atoms with Crippen LogP contribution >= 0.6 is 11.8 Å². The van der Waals surface area contributed by atoms with E-state index < -0.39 is 10.0 Å². The third-order valence-corrected chi connectivity index (χ3v) is 8.87. The number of aryl methyl sites for hydroxylation is 1. The number of nitrogens with zero attached hydrogens (tertiary/aromatic N) is 3. The molecule has 2 aromatic heterocycles. The Hall–Kier alpha value is -1.68. The first-order valence-corrected chi connectivity index (χ1v) is 13.2. The van der Waals surface area contributed by atoms with E-state index in [9.17, 15) is 13.2 Å². The number of hydrogen-bond acceptors (Lipinski definition) is 6. The van der Waals surface area contributed by atoms with Crippen molar-refractivity contribution in [3.05, 3.63) is 41.3 Å². The van der Waals surface area contributed by atoms with Crippen LogP contribution in [-0.4, -0.2) is 59.6 Å². The summed E-state index contributed by atoms with van der Waals surface area (Å²) in [6, 6.07) is 5.22. The molecule has 2 aromatic rings. The van der Waals surface area contributed by atoms with Crippen LogP contribution in [0.2, 0.25) is 0 Å². The highest BCUT2D eigenvalue weighted by Gasteiger charge is 2.27. The predicted octanol–water partition coefficient (Wildman–Crippen LogP) is 3.44. The van der Waals surface area contributed by atoms with Gasteiger partial charge in [0, 0.05) is 49.4 Å². The van der Waals surface area contributed by atoms with E-state index in [2.05, 4.69) is 9.55 Å². The van der Waals surface area contributed by atoms with Crippen molar-refractivity contribution < 1.29 is 17.9 Å².